The van der Waals surface area contributed by atoms with Gasteiger partial charge in [0.15, 0.2) is 0 Å². The van der Waals surface area contributed by atoms with Crippen LogP contribution in [0.4, 0.5) is 0 Å². The summed E-state index contributed by atoms with van der Waals surface area (Å²) >= 11 is 1.97. The van der Waals surface area contributed by atoms with Crippen molar-refractivity contribution in [1.29, 1.82) is 0 Å². The maximum absolute atomic E-state index is 3.63. The molecule has 18 heavy (non-hydrogen) atoms. The number of fused-ring (bicyclic) bond motifs is 1. The Bertz CT molecular complexity index is 378. The Morgan fingerprint density at radius 1 is 1.28 bits per heavy atom. The summed E-state index contributed by atoms with van der Waals surface area (Å²) in [6, 6.07) is 3.10. The van der Waals surface area contributed by atoms with Crippen LogP contribution in [0.5, 0.6) is 0 Å². The van der Waals surface area contributed by atoms with E-state index < -0.39 is 0 Å². The van der Waals surface area contributed by atoms with Gasteiger partial charge in [0.25, 0.3) is 0 Å². The highest BCUT2D eigenvalue weighted by atomic mass is 32.1. The van der Waals surface area contributed by atoms with Crippen molar-refractivity contribution in [2.24, 2.45) is 5.92 Å². The molecular formula is C16H25NS. The standard InChI is InChI=1S/C16H25NS/c1-17-15(11-12-5-2-3-6-12)13-7-4-8-16-14(13)9-10-18-16/h9-10,12-13,15,17H,2-8,11H2,1H3. The van der Waals surface area contributed by atoms with Crippen molar-refractivity contribution in [3.63, 3.8) is 0 Å². The normalized spacial score (nSPS) is 26.2. The van der Waals surface area contributed by atoms with Crippen LogP contribution in [0.1, 0.15) is 61.3 Å². The second-order valence-corrected chi connectivity index (χ2v) is 7.08. The van der Waals surface area contributed by atoms with E-state index in [-0.39, 0.29) is 0 Å². The van der Waals surface area contributed by atoms with E-state index in [9.17, 15) is 0 Å². The molecule has 0 radical (unpaired) electrons. The number of hydrogen-bond donors (Lipinski definition) is 1. The Kier molecular flexibility index (Phi) is 4.05. The minimum atomic E-state index is 0.710. The summed E-state index contributed by atoms with van der Waals surface area (Å²) in [4.78, 5) is 1.66. The summed E-state index contributed by atoms with van der Waals surface area (Å²) in [5.41, 5.74) is 1.67. The lowest BCUT2D eigenvalue weighted by atomic mass is 9.79. The minimum absolute atomic E-state index is 0.710. The van der Waals surface area contributed by atoms with Crippen LogP contribution in [0.3, 0.4) is 0 Å². The predicted molar refractivity (Wildman–Crippen MR) is 79.4 cm³/mol. The fourth-order valence-electron chi connectivity index (χ4n) is 4.03. The molecule has 3 rings (SSSR count). The van der Waals surface area contributed by atoms with Gasteiger partial charge in [0.05, 0.1) is 0 Å². The molecule has 2 heteroatoms. The molecule has 0 aromatic carbocycles. The Morgan fingerprint density at radius 3 is 2.89 bits per heavy atom. The van der Waals surface area contributed by atoms with Gasteiger partial charge in [-0.1, -0.05) is 25.7 Å². The maximum Gasteiger partial charge on any atom is 0.0136 e. The average molecular weight is 263 g/mol. The van der Waals surface area contributed by atoms with Gasteiger partial charge < -0.3 is 5.32 Å². The predicted octanol–water partition coefficient (Wildman–Crippen LogP) is 4.34. The zero-order chi connectivity index (χ0) is 12.4. The number of nitrogens with one attached hydrogen (secondary N) is 1. The molecule has 0 amide bonds. The van der Waals surface area contributed by atoms with E-state index in [4.69, 9.17) is 0 Å². The van der Waals surface area contributed by atoms with E-state index in [0.29, 0.717) is 6.04 Å². The zero-order valence-corrected chi connectivity index (χ0v) is 12.3. The molecular weight excluding hydrogens is 238 g/mol. The van der Waals surface area contributed by atoms with Gasteiger partial charge in [-0.15, -0.1) is 11.3 Å². The van der Waals surface area contributed by atoms with Crippen LogP contribution >= 0.6 is 11.3 Å². The molecule has 100 valence electrons. The van der Waals surface area contributed by atoms with Crippen LogP contribution < -0.4 is 5.32 Å². The van der Waals surface area contributed by atoms with Crippen molar-refractivity contribution >= 4 is 11.3 Å². The molecule has 0 saturated heterocycles. The largest absolute Gasteiger partial charge is 0.316 e. The van der Waals surface area contributed by atoms with E-state index >= 15 is 0 Å². The molecule has 1 aromatic rings. The smallest absolute Gasteiger partial charge is 0.0136 e. The lowest BCUT2D eigenvalue weighted by Crippen LogP contribution is -2.35. The summed E-state index contributed by atoms with van der Waals surface area (Å²) in [7, 11) is 2.17. The molecule has 1 aromatic heterocycles. The second-order valence-electron chi connectivity index (χ2n) is 6.08. The number of likely N-dealkylation sites (N-methyl/N-ethyl adjacent to an activating group) is 1. The molecule has 0 spiro atoms. The van der Waals surface area contributed by atoms with Crippen molar-refractivity contribution < 1.29 is 0 Å². The number of thiophene rings is 1. The van der Waals surface area contributed by atoms with Gasteiger partial charge in [-0.2, -0.15) is 0 Å². The molecule has 1 nitrogen and oxygen atoms in total. The molecule has 1 N–H and O–H groups in total. The van der Waals surface area contributed by atoms with Crippen LogP contribution in [0.2, 0.25) is 0 Å². The summed E-state index contributed by atoms with van der Waals surface area (Å²) in [6.07, 6.45) is 11.4. The molecule has 2 atom stereocenters. The third-order valence-electron chi connectivity index (χ3n) is 5.02. The van der Waals surface area contributed by atoms with Crippen molar-refractivity contribution in [3.05, 3.63) is 21.9 Å². The first-order valence-electron chi connectivity index (χ1n) is 7.62. The highest BCUT2D eigenvalue weighted by Gasteiger charge is 2.30. The zero-order valence-electron chi connectivity index (χ0n) is 11.5. The fourth-order valence-corrected chi connectivity index (χ4v) is 5.03. The Hall–Kier alpha value is -0.340. The lowest BCUT2D eigenvalue weighted by Gasteiger charge is -2.32. The highest BCUT2D eigenvalue weighted by molar-refractivity contribution is 7.10. The Balaban J connectivity index is 1.72. The molecule has 2 aliphatic carbocycles. The van der Waals surface area contributed by atoms with Crippen molar-refractivity contribution in [3.8, 4) is 0 Å². The molecule has 0 aliphatic heterocycles. The summed E-state index contributed by atoms with van der Waals surface area (Å²) in [6.45, 7) is 0. The number of aryl methyl sites for hydroxylation is 1. The molecule has 1 heterocycles. The van der Waals surface area contributed by atoms with E-state index in [1.807, 2.05) is 11.3 Å². The number of hydrogen-bond acceptors (Lipinski definition) is 2. The first kappa shape index (κ1) is 12.7. The SMILES string of the molecule is CNC(CC1CCCC1)C1CCCc2sccc21. The quantitative estimate of drug-likeness (QED) is 0.852. The molecule has 2 aliphatic rings. The first-order chi connectivity index (χ1) is 8.88. The van der Waals surface area contributed by atoms with Gasteiger partial charge in [-0.3, -0.25) is 0 Å². The molecule has 1 saturated carbocycles. The second kappa shape index (κ2) is 5.75. The topological polar surface area (TPSA) is 12.0 Å². The Morgan fingerprint density at radius 2 is 2.11 bits per heavy atom. The van der Waals surface area contributed by atoms with Gasteiger partial charge in [0, 0.05) is 16.8 Å². The van der Waals surface area contributed by atoms with Gasteiger partial charge in [0.2, 0.25) is 0 Å². The van der Waals surface area contributed by atoms with Crippen LogP contribution in [0.25, 0.3) is 0 Å². The van der Waals surface area contributed by atoms with E-state index in [2.05, 4.69) is 23.8 Å². The van der Waals surface area contributed by atoms with E-state index in [1.54, 1.807) is 10.4 Å². The van der Waals surface area contributed by atoms with Crippen molar-refractivity contribution in [2.75, 3.05) is 7.05 Å². The molecule has 1 fully saturated rings. The van der Waals surface area contributed by atoms with Crippen LogP contribution in [0.15, 0.2) is 11.4 Å². The third kappa shape index (κ3) is 2.50. The highest BCUT2D eigenvalue weighted by Crippen LogP contribution is 2.40. The minimum Gasteiger partial charge on any atom is -0.316 e. The average Bonchev–Trinajstić information content (AvgIpc) is 3.06. The lowest BCUT2D eigenvalue weighted by molar-refractivity contribution is 0.337. The van der Waals surface area contributed by atoms with E-state index in [0.717, 1.165) is 11.8 Å². The monoisotopic (exact) mass is 263 g/mol. The van der Waals surface area contributed by atoms with Gasteiger partial charge in [-0.25, -0.2) is 0 Å². The van der Waals surface area contributed by atoms with Gasteiger partial charge in [-0.05, 0) is 55.7 Å². The van der Waals surface area contributed by atoms with Crippen molar-refractivity contribution in [2.45, 2.75) is 63.3 Å². The fraction of sp³-hybridized carbons (Fsp3) is 0.750. The summed E-state index contributed by atoms with van der Waals surface area (Å²) in [5.74, 6) is 1.78. The molecule has 2 unspecified atom stereocenters. The summed E-state index contributed by atoms with van der Waals surface area (Å²) < 4.78 is 0. The van der Waals surface area contributed by atoms with Crippen LogP contribution in [0, 0.1) is 5.92 Å². The van der Waals surface area contributed by atoms with E-state index in [1.165, 1.54) is 51.4 Å². The van der Waals surface area contributed by atoms with Crippen LogP contribution in [-0.4, -0.2) is 13.1 Å². The summed E-state index contributed by atoms with van der Waals surface area (Å²) in [5, 5.41) is 5.93. The van der Waals surface area contributed by atoms with Crippen molar-refractivity contribution in [1.82, 2.24) is 5.32 Å². The van der Waals surface area contributed by atoms with Gasteiger partial charge in [0.1, 0.15) is 0 Å². The van der Waals surface area contributed by atoms with Gasteiger partial charge >= 0.3 is 0 Å². The maximum atomic E-state index is 3.63. The first-order valence-corrected chi connectivity index (χ1v) is 8.50. The molecule has 0 bridgehead atoms. The Labute approximate surface area is 115 Å². The third-order valence-corrected chi connectivity index (χ3v) is 6.01. The number of rotatable bonds is 4. The van der Waals surface area contributed by atoms with Crippen LogP contribution in [-0.2, 0) is 6.42 Å².